The van der Waals surface area contributed by atoms with Gasteiger partial charge >= 0.3 is 0 Å². The number of rotatable bonds is 3. The molecule has 0 spiro atoms. The van der Waals surface area contributed by atoms with Gasteiger partial charge < -0.3 is 10.6 Å². The van der Waals surface area contributed by atoms with Crippen molar-refractivity contribution in [1.82, 2.24) is 10.6 Å². The summed E-state index contributed by atoms with van der Waals surface area (Å²) in [5.74, 6) is -1.45. The molecule has 1 amide bonds. The van der Waals surface area contributed by atoms with Crippen molar-refractivity contribution in [2.75, 3.05) is 19.6 Å². The van der Waals surface area contributed by atoms with Crippen LogP contribution in [0.4, 0.5) is 8.78 Å². The van der Waals surface area contributed by atoms with Crippen LogP contribution in [0, 0.1) is 17.6 Å². The van der Waals surface area contributed by atoms with E-state index >= 15 is 0 Å². The van der Waals surface area contributed by atoms with Crippen molar-refractivity contribution in [2.45, 2.75) is 12.8 Å². The Balaban J connectivity index is 1.90. The molecule has 0 radical (unpaired) electrons. The maximum atomic E-state index is 13.0. The van der Waals surface area contributed by atoms with Gasteiger partial charge in [-0.2, -0.15) is 0 Å². The maximum absolute atomic E-state index is 13.0. The molecule has 1 heterocycles. The van der Waals surface area contributed by atoms with Gasteiger partial charge in [-0.1, -0.05) is 0 Å². The number of nitrogens with one attached hydrogen (secondary N) is 2. The predicted octanol–water partition coefficient (Wildman–Crippen LogP) is 1.69. The lowest BCUT2D eigenvalue weighted by molar-refractivity contribution is 0.0943. The Morgan fingerprint density at radius 2 is 1.83 bits per heavy atom. The summed E-state index contributed by atoms with van der Waals surface area (Å²) in [6.45, 7) is 2.46. The number of carbonyl (C=O) groups is 1. The van der Waals surface area contributed by atoms with E-state index in [4.69, 9.17) is 0 Å². The van der Waals surface area contributed by atoms with Crippen LogP contribution in [-0.2, 0) is 0 Å². The Bertz CT molecular complexity index is 411. The Morgan fingerprint density at radius 3 is 2.44 bits per heavy atom. The van der Waals surface area contributed by atoms with Crippen molar-refractivity contribution in [1.29, 1.82) is 0 Å². The minimum atomic E-state index is -0.734. The van der Waals surface area contributed by atoms with Gasteiger partial charge in [-0.3, -0.25) is 4.79 Å². The molecule has 1 aliphatic rings. The standard InChI is InChI=1S/C13H16F2N2O/c14-11-5-10(6-12(15)7-11)13(18)17-8-9-1-3-16-4-2-9/h5-7,9,16H,1-4,8H2,(H,17,18). The van der Waals surface area contributed by atoms with Gasteiger partial charge in [0.15, 0.2) is 0 Å². The van der Waals surface area contributed by atoms with Gasteiger partial charge in [-0.15, -0.1) is 0 Å². The molecule has 0 aliphatic carbocycles. The fourth-order valence-electron chi connectivity index (χ4n) is 2.11. The zero-order chi connectivity index (χ0) is 13.0. The highest BCUT2D eigenvalue weighted by Crippen LogP contribution is 2.11. The SMILES string of the molecule is O=C(NCC1CCNCC1)c1cc(F)cc(F)c1. The summed E-state index contributed by atoms with van der Waals surface area (Å²) in [6.07, 6.45) is 2.02. The molecule has 5 heteroatoms. The Morgan fingerprint density at radius 1 is 1.22 bits per heavy atom. The normalized spacial score (nSPS) is 16.6. The van der Waals surface area contributed by atoms with E-state index in [9.17, 15) is 13.6 Å². The Kier molecular flexibility index (Phi) is 4.25. The molecule has 2 N–H and O–H groups in total. The first-order valence-corrected chi connectivity index (χ1v) is 6.10. The van der Waals surface area contributed by atoms with Crippen LogP contribution >= 0.6 is 0 Å². The quantitative estimate of drug-likeness (QED) is 0.862. The first-order valence-electron chi connectivity index (χ1n) is 6.10. The second kappa shape index (κ2) is 5.91. The summed E-state index contributed by atoms with van der Waals surface area (Å²) in [4.78, 5) is 11.7. The molecule has 18 heavy (non-hydrogen) atoms. The lowest BCUT2D eigenvalue weighted by Crippen LogP contribution is -2.36. The second-order valence-electron chi connectivity index (χ2n) is 4.56. The van der Waals surface area contributed by atoms with Crippen LogP contribution in [0.5, 0.6) is 0 Å². The predicted molar refractivity (Wildman–Crippen MR) is 64.3 cm³/mol. The summed E-state index contributed by atoms with van der Waals surface area (Å²) < 4.78 is 25.9. The molecule has 1 aliphatic heterocycles. The average molecular weight is 254 g/mol. The van der Waals surface area contributed by atoms with E-state index in [-0.39, 0.29) is 5.56 Å². The fraction of sp³-hybridized carbons (Fsp3) is 0.462. The number of carbonyl (C=O) groups excluding carboxylic acids is 1. The van der Waals surface area contributed by atoms with Crippen LogP contribution in [0.1, 0.15) is 23.2 Å². The van der Waals surface area contributed by atoms with Crippen LogP contribution in [0.2, 0.25) is 0 Å². The van der Waals surface area contributed by atoms with E-state index < -0.39 is 17.5 Å². The number of halogens is 2. The molecule has 0 atom stereocenters. The number of hydrogen-bond donors (Lipinski definition) is 2. The molecular formula is C13H16F2N2O. The molecular weight excluding hydrogens is 238 g/mol. The largest absolute Gasteiger partial charge is 0.352 e. The van der Waals surface area contributed by atoms with Crippen molar-refractivity contribution in [2.24, 2.45) is 5.92 Å². The highest BCUT2D eigenvalue weighted by Gasteiger charge is 2.15. The number of amides is 1. The number of benzene rings is 1. The van der Waals surface area contributed by atoms with Crippen LogP contribution in [0.3, 0.4) is 0 Å². The van der Waals surface area contributed by atoms with Gasteiger partial charge in [0.2, 0.25) is 0 Å². The minimum absolute atomic E-state index is 0.0291. The third-order valence-electron chi connectivity index (χ3n) is 3.13. The minimum Gasteiger partial charge on any atom is -0.352 e. The number of hydrogen-bond acceptors (Lipinski definition) is 2. The van der Waals surface area contributed by atoms with Gasteiger partial charge in [0.05, 0.1) is 0 Å². The first kappa shape index (κ1) is 13.0. The van der Waals surface area contributed by atoms with Crippen molar-refractivity contribution in [3.63, 3.8) is 0 Å². The summed E-state index contributed by atoms with van der Waals surface area (Å²) in [7, 11) is 0. The maximum Gasteiger partial charge on any atom is 0.251 e. The molecule has 1 fully saturated rings. The second-order valence-corrected chi connectivity index (χ2v) is 4.56. The third kappa shape index (κ3) is 3.50. The molecule has 1 aromatic rings. The van der Waals surface area contributed by atoms with Crippen molar-refractivity contribution < 1.29 is 13.6 Å². The van der Waals surface area contributed by atoms with Crippen molar-refractivity contribution in [3.8, 4) is 0 Å². The van der Waals surface area contributed by atoms with Gasteiger partial charge in [0.25, 0.3) is 5.91 Å². The smallest absolute Gasteiger partial charge is 0.251 e. The summed E-state index contributed by atoms with van der Waals surface area (Å²) in [5.41, 5.74) is 0.0291. The van der Waals surface area contributed by atoms with E-state index in [1.807, 2.05) is 0 Å². The molecule has 0 unspecified atom stereocenters. The van der Waals surface area contributed by atoms with E-state index in [0.29, 0.717) is 12.5 Å². The van der Waals surface area contributed by atoms with E-state index in [2.05, 4.69) is 10.6 Å². The van der Waals surface area contributed by atoms with Crippen LogP contribution in [0.25, 0.3) is 0 Å². The Hall–Kier alpha value is -1.49. The zero-order valence-corrected chi connectivity index (χ0v) is 10.0. The van der Waals surface area contributed by atoms with E-state index in [1.165, 1.54) is 0 Å². The highest BCUT2D eigenvalue weighted by molar-refractivity contribution is 5.94. The van der Waals surface area contributed by atoms with Crippen molar-refractivity contribution in [3.05, 3.63) is 35.4 Å². The lowest BCUT2D eigenvalue weighted by atomic mass is 9.98. The summed E-state index contributed by atoms with van der Waals surface area (Å²) in [5, 5.41) is 5.96. The summed E-state index contributed by atoms with van der Waals surface area (Å²) >= 11 is 0. The lowest BCUT2D eigenvalue weighted by Gasteiger charge is -2.22. The van der Waals surface area contributed by atoms with E-state index in [0.717, 1.165) is 44.1 Å². The first-order chi connectivity index (χ1) is 8.65. The van der Waals surface area contributed by atoms with Gasteiger partial charge in [-0.05, 0) is 44.0 Å². The van der Waals surface area contributed by atoms with Gasteiger partial charge in [0.1, 0.15) is 11.6 Å². The van der Waals surface area contributed by atoms with Crippen LogP contribution in [0.15, 0.2) is 18.2 Å². The Labute approximate surface area is 105 Å². The molecule has 98 valence electrons. The monoisotopic (exact) mass is 254 g/mol. The molecule has 1 aromatic carbocycles. The number of piperidine rings is 1. The van der Waals surface area contributed by atoms with Crippen LogP contribution in [-0.4, -0.2) is 25.5 Å². The molecule has 0 aromatic heterocycles. The zero-order valence-electron chi connectivity index (χ0n) is 10.0. The van der Waals surface area contributed by atoms with Crippen molar-refractivity contribution >= 4 is 5.91 Å². The third-order valence-corrected chi connectivity index (χ3v) is 3.13. The fourth-order valence-corrected chi connectivity index (χ4v) is 2.11. The molecule has 3 nitrogen and oxygen atoms in total. The van der Waals surface area contributed by atoms with Gasteiger partial charge in [-0.25, -0.2) is 8.78 Å². The van der Waals surface area contributed by atoms with Crippen LogP contribution < -0.4 is 10.6 Å². The highest BCUT2D eigenvalue weighted by atomic mass is 19.1. The van der Waals surface area contributed by atoms with E-state index in [1.54, 1.807) is 0 Å². The average Bonchev–Trinajstić information content (AvgIpc) is 2.36. The van der Waals surface area contributed by atoms with Gasteiger partial charge in [0, 0.05) is 18.2 Å². The topological polar surface area (TPSA) is 41.1 Å². The molecule has 0 bridgehead atoms. The molecule has 0 saturated carbocycles. The molecule has 1 saturated heterocycles. The molecule has 2 rings (SSSR count). The summed E-state index contributed by atoms with van der Waals surface area (Å²) in [6, 6.07) is 2.84.